The second-order valence-corrected chi connectivity index (χ2v) is 8.21. The number of unbranched alkanes of at least 4 members (excludes halogenated alkanes) is 2. The summed E-state index contributed by atoms with van der Waals surface area (Å²) in [5, 5.41) is 3.80. The van der Waals surface area contributed by atoms with Gasteiger partial charge in [-0.15, -0.1) is 11.3 Å². The van der Waals surface area contributed by atoms with Gasteiger partial charge in [0.2, 0.25) is 5.91 Å². The number of nitrogens with one attached hydrogen (secondary N) is 1. The van der Waals surface area contributed by atoms with Crippen LogP contribution >= 0.6 is 11.3 Å². The minimum atomic E-state index is 0.0114. The molecule has 0 atom stereocenters. The van der Waals surface area contributed by atoms with Crippen molar-refractivity contribution in [1.29, 1.82) is 0 Å². The maximum absolute atomic E-state index is 13.0. The Bertz CT molecular complexity index is 798. The van der Waals surface area contributed by atoms with Crippen LogP contribution in [0.5, 0.6) is 0 Å². The third-order valence-corrected chi connectivity index (χ3v) is 6.28. The highest BCUT2D eigenvalue weighted by Gasteiger charge is 2.29. The Morgan fingerprint density at radius 3 is 2.71 bits per heavy atom. The van der Waals surface area contributed by atoms with E-state index in [4.69, 9.17) is 0 Å². The van der Waals surface area contributed by atoms with Gasteiger partial charge in [0.15, 0.2) is 0 Å². The molecule has 0 saturated carbocycles. The molecule has 6 nitrogen and oxygen atoms in total. The van der Waals surface area contributed by atoms with E-state index in [2.05, 4.69) is 22.2 Å². The molecule has 0 aromatic carbocycles. The maximum Gasteiger partial charge on any atom is 0.265 e. The summed E-state index contributed by atoms with van der Waals surface area (Å²) in [6, 6.07) is 5.68. The highest BCUT2D eigenvalue weighted by atomic mass is 32.1. The molecule has 1 fully saturated rings. The number of aromatic nitrogens is 2. The number of rotatable bonds is 7. The molecular formula is C21H28N4O2S. The summed E-state index contributed by atoms with van der Waals surface area (Å²) in [5.41, 5.74) is 1.53. The van der Waals surface area contributed by atoms with Gasteiger partial charge in [0, 0.05) is 31.7 Å². The molecule has 3 rings (SSSR count). The van der Waals surface area contributed by atoms with Crippen LogP contribution in [0.1, 0.15) is 54.4 Å². The first-order valence-electron chi connectivity index (χ1n) is 10.1. The summed E-state index contributed by atoms with van der Waals surface area (Å²) in [7, 11) is 0. The Hall–Kier alpha value is -2.28. The molecule has 3 heterocycles. The molecule has 1 saturated heterocycles. The number of aryl methyl sites for hydroxylation is 1. The van der Waals surface area contributed by atoms with Crippen molar-refractivity contribution in [2.45, 2.75) is 46.0 Å². The van der Waals surface area contributed by atoms with Crippen molar-refractivity contribution in [1.82, 2.24) is 20.2 Å². The van der Waals surface area contributed by atoms with Gasteiger partial charge in [-0.25, -0.2) is 4.98 Å². The van der Waals surface area contributed by atoms with Crippen LogP contribution < -0.4 is 5.32 Å². The third kappa shape index (κ3) is 4.95. The lowest BCUT2D eigenvalue weighted by Crippen LogP contribution is -2.43. The van der Waals surface area contributed by atoms with Crippen molar-refractivity contribution < 1.29 is 9.59 Å². The molecule has 0 unspecified atom stereocenters. The summed E-state index contributed by atoms with van der Waals surface area (Å²) in [6.07, 6.45) is 6.48. The average molecular weight is 401 g/mol. The standard InChI is InChI=1S/C21H28N4O2S/c1-3-4-6-12-23-19(26)16-9-13-25(14-10-16)21(27)18-15(2)24-20(28-18)17-8-5-7-11-22-17/h5,7-8,11,16H,3-4,6,9-10,12-14H2,1-2H3,(H,23,26). The minimum absolute atomic E-state index is 0.0114. The molecule has 1 aliphatic rings. The van der Waals surface area contributed by atoms with Crippen LogP contribution in [-0.2, 0) is 4.79 Å². The number of carbonyl (C=O) groups excluding carboxylic acids is 2. The van der Waals surface area contributed by atoms with Crippen molar-refractivity contribution in [3.63, 3.8) is 0 Å². The first kappa shape index (κ1) is 20.5. The van der Waals surface area contributed by atoms with Crippen LogP contribution in [0.25, 0.3) is 10.7 Å². The van der Waals surface area contributed by atoms with Crippen LogP contribution in [0.15, 0.2) is 24.4 Å². The molecule has 0 aliphatic carbocycles. The van der Waals surface area contributed by atoms with Gasteiger partial charge in [-0.2, -0.15) is 0 Å². The fraction of sp³-hybridized carbons (Fsp3) is 0.524. The van der Waals surface area contributed by atoms with Crippen LogP contribution in [-0.4, -0.2) is 46.3 Å². The first-order chi connectivity index (χ1) is 13.6. The number of hydrogen-bond donors (Lipinski definition) is 1. The van der Waals surface area contributed by atoms with E-state index in [-0.39, 0.29) is 17.7 Å². The SMILES string of the molecule is CCCCCNC(=O)C1CCN(C(=O)c2sc(-c3ccccn3)nc2C)CC1. The number of thiazole rings is 1. The van der Waals surface area contributed by atoms with Crippen molar-refractivity contribution in [3.05, 3.63) is 35.0 Å². The zero-order valence-electron chi connectivity index (χ0n) is 16.6. The Kier molecular flexibility index (Phi) is 7.14. The van der Waals surface area contributed by atoms with Crippen LogP contribution in [0, 0.1) is 12.8 Å². The largest absolute Gasteiger partial charge is 0.356 e. The highest BCUT2D eigenvalue weighted by Crippen LogP contribution is 2.28. The van der Waals surface area contributed by atoms with Crippen LogP contribution in [0.4, 0.5) is 0 Å². The van der Waals surface area contributed by atoms with Gasteiger partial charge in [-0.3, -0.25) is 14.6 Å². The van der Waals surface area contributed by atoms with E-state index in [0.29, 0.717) is 18.0 Å². The Balaban J connectivity index is 1.55. The van der Waals surface area contributed by atoms with Gasteiger partial charge in [0.05, 0.1) is 11.4 Å². The van der Waals surface area contributed by atoms with Gasteiger partial charge in [-0.1, -0.05) is 25.8 Å². The first-order valence-corrected chi connectivity index (χ1v) is 10.9. The summed E-state index contributed by atoms with van der Waals surface area (Å²) in [4.78, 5) is 36.6. The smallest absolute Gasteiger partial charge is 0.265 e. The number of carbonyl (C=O) groups is 2. The second-order valence-electron chi connectivity index (χ2n) is 7.21. The van der Waals surface area contributed by atoms with Gasteiger partial charge in [0.1, 0.15) is 9.88 Å². The van der Waals surface area contributed by atoms with E-state index in [1.165, 1.54) is 11.3 Å². The molecule has 150 valence electrons. The summed E-state index contributed by atoms with van der Waals surface area (Å²) < 4.78 is 0. The Labute approximate surface area is 170 Å². The lowest BCUT2D eigenvalue weighted by Gasteiger charge is -2.31. The van der Waals surface area contributed by atoms with Crippen molar-refractivity contribution in [2.24, 2.45) is 5.92 Å². The van der Waals surface area contributed by atoms with Gasteiger partial charge < -0.3 is 10.2 Å². The average Bonchev–Trinajstić information content (AvgIpc) is 3.13. The monoisotopic (exact) mass is 400 g/mol. The second kappa shape index (κ2) is 9.78. The highest BCUT2D eigenvalue weighted by molar-refractivity contribution is 7.17. The molecule has 2 aromatic heterocycles. The van der Waals surface area contributed by atoms with E-state index in [9.17, 15) is 9.59 Å². The number of piperidine rings is 1. The minimum Gasteiger partial charge on any atom is -0.356 e. The predicted octanol–water partition coefficient (Wildman–Crippen LogP) is 3.67. The quantitative estimate of drug-likeness (QED) is 0.720. The summed E-state index contributed by atoms with van der Waals surface area (Å²) >= 11 is 1.39. The van der Waals surface area contributed by atoms with Gasteiger partial charge in [-0.05, 0) is 38.3 Å². The number of hydrogen-bond acceptors (Lipinski definition) is 5. The molecule has 2 amide bonds. The van der Waals surface area contributed by atoms with E-state index in [1.54, 1.807) is 6.20 Å². The topological polar surface area (TPSA) is 75.2 Å². The fourth-order valence-corrected chi connectivity index (χ4v) is 4.42. The maximum atomic E-state index is 13.0. The van der Waals surface area contributed by atoms with Crippen LogP contribution in [0.2, 0.25) is 0 Å². The molecule has 1 N–H and O–H groups in total. The fourth-order valence-electron chi connectivity index (χ4n) is 3.41. The summed E-state index contributed by atoms with van der Waals surface area (Å²) in [5.74, 6) is 0.158. The predicted molar refractivity (Wildman–Crippen MR) is 111 cm³/mol. The molecule has 0 radical (unpaired) electrons. The molecule has 2 aromatic rings. The zero-order valence-corrected chi connectivity index (χ0v) is 17.4. The van der Waals surface area contributed by atoms with Crippen molar-refractivity contribution in [2.75, 3.05) is 19.6 Å². The molecule has 28 heavy (non-hydrogen) atoms. The molecule has 0 spiro atoms. The van der Waals surface area contributed by atoms with E-state index >= 15 is 0 Å². The number of pyridine rings is 1. The zero-order chi connectivity index (χ0) is 19.9. The molecular weight excluding hydrogens is 372 g/mol. The Morgan fingerprint density at radius 2 is 2.04 bits per heavy atom. The third-order valence-electron chi connectivity index (χ3n) is 5.11. The van der Waals surface area contributed by atoms with Gasteiger partial charge >= 0.3 is 0 Å². The lowest BCUT2D eigenvalue weighted by molar-refractivity contribution is -0.126. The normalized spacial score (nSPS) is 14.9. The number of nitrogens with zero attached hydrogens (tertiary/aromatic N) is 3. The number of likely N-dealkylation sites (tertiary alicyclic amines) is 1. The van der Waals surface area contributed by atoms with Gasteiger partial charge in [0.25, 0.3) is 5.91 Å². The number of amides is 2. The molecule has 0 bridgehead atoms. The van der Waals surface area contributed by atoms with Crippen LogP contribution in [0.3, 0.4) is 0 Å². The van der Waals surface area contributed by atoms with E-state index in [0.717, 1.165) is 55.0 Å². The lowest BCUT2D eigenvalue weighted by atomic mass is 9.95. The van der Waals surface area contributed by atoms with E-state index in [1.807, 2.05) is 30.0 Å². The van der Waals surface area contributed by atoms with E-state index < -0.39 is 0 Å². The van der Waals surface area contributed by atoms with Crippen molar-refractivity contribution in [3.8, 4) is 10.7 Å². The van der Waals surface area contributed by atoms with Crippen molar-refractivity contribution >= 4 is 23.2 Å². The molecule has 7 heteroatoms. The molecule has 1 aliphatic heterocycles. The summed E-state index contributed by atoms with van der Waals surface area (Å²) in [6.45, 7) is 6.00. The Morgan fingerprint density at radius 1 is 1.25 bits per heavy atom.